The average Bonchev–Trinajstić information content (AvgIpc) is 2.29. The number of hydrogen-bond acceptors (Lipinski definition) is 1. The van der Waals surface area contributed by atoms with Gasteiger partial charge in [-0.1, -0.05) is 52.0 Å². The highest BCUT2D eigenvalue weighted by molar-refractivity contribution is 5.29. The Morgan fingerprint density at radius 2 is 1.71 bits per heavy atom. The molecule has 1 heteroatoms. The Balaban J connectivity index is 2.78. The normalized spacial score (nSPS) is 13.7. The van der Waals surface area contributed by atoms with Crippen LogP contribution in [0.3, 0.4) is 0 Å². The molecule has 0 fully saturated rings. The largest absolute Gasteiger partial charge is 0.320 e. The van der Waals surface area contributed by atoms with E-state index in [9.17, 15) is 0 Å². The Labute approximate surface area is 107 Å². The van der Waals surface area contributed by atoms with E-state index in [1.807, 2.05) is 7.05 Å². The summed E-state index contributed by atoms with van der Waals surface area (Å²) in [5, 5.41) is 3.24. The topological polar surface area (TPSA) is 12.0 Å². The zero-order valence-electron chi connectivity index (χ0n) is 12.0. The molecule has 96 valence electrons. The molecule has 17 heavy (non-hydrogen) atoms. The van der Waals surface area contributed by atoms with Crippen molar-refractivity contribution in [2.45, 2.75) is 51.9 Å². The van der Waals surface area contributed by atoms with Crippen LogP contribution in [0.4, 0.5) is 0 Å². The number of nitrogens with one attached hydrogen (secondary N) is 1. The van der Waals surface area contributed by atoms with Crippen molar-refractivity contribution in [2.24, 2.45) is 0 Å². The minimum Gasteiger partial charge on any atom is -0.320 e. The number of rotatable bonds is 5. The maximum absolute atomic E-state index is 3.24. The highest BCUT2D eigenvalue weighted by Crippen LogP contribution is 2.27. The fourth-order valence-corrected chi connectivity index (χ4v) is 2.18. The van der Waals surface area contributed by atoms with E-state index in [0.717, 1.165) is 6.54 Å². The van der Waals surface area contributed by atoms with Gasteiger partial charge in [-0.15, -0.1) is 0 Å². The van der Waals surface area contributed by atoms with Crippen molar-refractivity contribution in [1.82, 2.24) is 5.32 Å². The second-order valence-corrected chi connectivity index (χ2v) is 5.87. The molecule has 0 saturated heterocycles. The molecule has 0 amide bonds. The monoisotopic (exact) mass is 233 g/mol. The summed E-state index contributed by atoms with van der Waals surface area (Å²) in [6, 6.07) is 9.20. The fraction of sp³-hybridized carbons (Fsp3) is 0.625. The van der Waals surface area contributed by atoms with Gasteiger partial charge in [0, 0.05) is 0 Å². The third kappa shape index (κ3) is 4.16. The van der Waals surface area contributed by atoms with Crippen molar-refractivity contribution in [3.63, 3.8) is 0 Å². The molecular formula is C16H27N. The van der Waals surface area contributed by atoms with Crippen LogP contribution in [0.15, 0.2) is 24.3 Å². The van der Waals surface area contributed by atoms with Crippen LogP contribution in [0.25, 0.3) is 0 Å². The molecule has 0 aromatic heterocycles. The Morgan fingerprint density at radius 3 is 2.12 bits per heavy atom. The lowest BCUT2D eigenvalue weighted by atomic mass is 9.85. The van der Waals surface area contributed by atoms with Gasteiger partial charge in [0.25, 0.3) is 0 Å². The summed E-state index contributed by atoms with van der Waals surface area (Å²) in [5.41, 5.74) is 3.16. The molecule has 1 rings (SSSR count). The predicted octanol–water partition coefficient (Wildman–Crippen LogP) is 4.09. The lowest BCUT2D eigenvalue weighted by Crippen LogP contribution is -2.13. The summed E-state index contributed by atoms with van der Waals surface area (Å²) >= 11 is 0. The Morgan fingerprint density at radius 1 is 1.12 bits per heavy atom. The molecule has 0 saturated carbocycles. The van der Waals surface area contributed by atoms with Crippen LogP contribution in [-0.2, 0) is 5.41 Å². The van der Waals surface area contributed by atoms with E-state index in [4.69, 9.17) is 0 Å². The van der Waals surface area contributed by atoms with Crippen molar-refractivity contribution >= 4 is 0 Å². The van der Waals surface area contributed by atoms with Crippen LogP contribution < -0.4 is 5.32 Å². The maximum Gasteiger partial charge on any atom is -0.00461 e. The molecule has 0 radical (unpaired) electrons. The number of benzene rings is 1. The second-order valence-electron chi connectivity index (χ2n) is 5.87. The fourth-order valence-electron chi connectivity index (χ4n) is 2.18. The third-order valence-electron chi connectivity index (χ3n) is 3.48. The number of hydrogen-bond donors (Lipinski definition) is 1. The zero-order chi connectivity index (χ0) is 12.9. The summed E-state index contributed by atoms with van der Waals surface area (Å²) in [5.74, 6) is 0.691. The molecule has 1 aromatic carbocycles. The first-order valence-corrected chi connectivity index (χ1v) is 6.74. The van der Waals surface area contributed by atoms with E-state index < -0.39 is 0 Å². The molecule has 0 aliphatic heterocycles. The minimum atomic E-state index is 0.255. The molecule has 0 aliphatic rings. The van der Waals surface area contributed by atoms with Crippen molar-refractivity contribution in [2.75, 3.05) is 13.6 Å². The summed E-state index contributed by atoms with van der Waals surface area (Å²) < 4.78 is 0. The van der Waals surface area contributed by atoms with Crippen LogP contribution in [0, 0.1) is 0 Å². The highest BCUT2D eigenvalue weighted by atomic mass is 14.8. The Bertz CT molecular complexity index is 318. The van der Waals surface area contributed by atoms with Gasteiger partial charge in [-0.2, -0.15) is 0 Å². The summed E-state index contributed by atoms with van der Waals surface area (Å²) in [4.78, 5) is 0. The molecule has 0 aliphatic carbocycles. The van der Waals surface area contributed by atoms with E-state index in [-0.39, 0.29) is 5.41 Å². The highest BCUT2D eigenvalue weighted by Gasteiger charge is 2.14. The third-order valence-corrected chi connectivity index (χ3v) is 3.48. The molecule has 1 aromatic rings. The van der Waals surface area contributed by atoms with Gasteiger partial charge in [0.05, 0.1) is 0 Å². The second kappa shape index (κ2) is 6.20. The van der Waals surface area contributed by atoms with Gasteiger partial charge >= 0.3 is 0 Å². The maximum atomic E-state index is 3.24. The molecular weight excluding hydrogens is 206 g/mol. The van der Waals surface area contributed by atoms with Crippen molar-refractivity contribution in [3.05, 3.63) is 35.4 Å². The SMILES string of the molecule is CCC(CCNC)c1ccc(C(C)(C)C)cc1. The van der Waals surface area contributed by atoms with E-state index in [2.05, 4.69) is 57.3 Å². The van der Waals surface area contributed by atoms with E-state index in [1.54, 1.807) is 0 Å². The Hall–Kier alpha value is -0.820. The summed E-state index contributed by atoms with van der Waals surface area (Å²) in [6.45, 7) is 10.2. The molecule has 0 spiro atoms. The lowest BCUT2D eigenvalue weighted by molar-refractivity contribution is 0.575. The van der Waals surface area contributed by atoms with Crippen LogP contribution in [0.2, 0.25) is 0 Å². The van der Waals surface area contributed by atoms with Gasteiger partial charge in [0.15, 0.2) is 0 Å². The smallest absolute Gasteiger partial charge is 0.00461 e. The molecule has 1 nitrogen and oxygen atoms in total. The standard InChI is InChI=1S/C16H27N/c1-6-13(11-12-17-5)14-7-9-15(10-8-14)16(2,3)4/h7-10,13,17H,6,11-12H2,1-5H3. The first-order valence-electron chi connectivity index (χ1n) is 6.74. The predicted molar refractivity (Wildman–Crippen MR) is 76.7 cm³/mol. The van der Waals surface area contributed by atoms with Gasteiger partial charge in [-0.05, 0) is 48.9 Å². The van der Waals surface area contributed by atoms with Crippen molar-refractivity contribution in [3.8, 4) is 0 Å². The first-order chi connectivity index (χ1) is 7.99. The summed E-state index contributed by atoms with van der Waals surface area (Å²) in [7, 11) is 2.02. The van der Waals surface area contributed by atoms with E-state index in [1.165, 1.54) is 24.0 Å². The van der Waals surface area contributed by atoms with E-state index >= 15 is 0 Å². The van der Waals surface area contributed by atoms with Gasteiger partial charge in [0.1, 0.15) is 0 Å². The van der Waals surface area contributed by atoms with Crippen LogP contribution >= 0.6 is 0 Å². The Kier molecular flexibility index (Phi) is 5.20. The molecule has 1 N–H and O–H groups in total. The van der Waals surface area contributed by atoms with Crippen LogP contribution in [-0.4, -0.2) is 13.6 Å². The molecule has 0 heterocycles. The molecule has 1 unspecified atom stereocenters. The summed E-state index contributed by atoms with van der Waals surface area (Å²) in [6.07, 6.45) is 2.44. The minimum absolute atomic E-state index is 0.255. The van der Waals surface area contributed by atoms with Gasteiger partial charge in [-0.3, -0.25) is 0 Å². The average molecular weight is 233 g/mol. The van der Waals surface area contributed by atoms with Crippen LogP contribution in [0.1, 0.15) is 57.6 Å². The van der Waals surface area contributed by atoms with E-state index in [0.29, 0.717) is 5.92 Å². The van der Waals surface area contributed by atoms with Crippen molar-refractivity contribution in [1.29, 1.82) is 0 Å². The van der Waals surface area contributed by atoms with Crippen LogP contribution in [0.5, 0.6) is 0 Å². The molecule has 1 atom stereocenters. The van der Waals surface area contributed by atoms with Gasteiger partial charge < -0.3 is 5.32 Å². The zero-order valence-corrected chi connectivity index (χ0v) is 12.0. The lowest BCUT2D eigenvalue weighted by Gasteiger charge is -2.21. The van der Waals surface area contributed by atoms with Gasteiger partial charge in [0.2, 0.25) is 0 Å². The quantitative estimate of drug-likeness (QED) is 0.808. The van der Waals surface area contributed by atoms with Crippen molar-refractivity contribution < 1.29 is 0 Å². The van der Waals surface area contributed by atoms with Gasteiger partial charge in [-0.25, -0.2) is 0 Å². The first kappa shape index (κ1) is 14.2. The molecule has 0 bridgehead atoms.